The van der Waals surface area contributed by atoms with E-state index < -0.39 is 16.8 Å². The van der Waals surface area contributed by atoms with Crippen molar-refractivity contribution in [3.05, 3.63) is 227 Å². The van der Waals surface area contributed by atoms with E-state index in [2.05, 4.69) is 147 Å². The summed E-state index contributed by atoms with van der Waals surface area (Å²) in [5.41, 5.74) is 8.91. The van der Waals surface area contributed by atoms with Crippen molar-refractivity contribution in [1.29, 1.82) is 0 Å². The first-order valence-corrected chi connectivity index (χ1v) is 25.9. The number of hydrogen-bond acceptors (Lipinski definition) is 4. The molecule has 69 heavy (non-hydrogen) atoms. The Labute approximate surface area is 422 Å². The molecular weight excluding hydrogens is 981 g/mol. The molecule has 12 rings (SSSR count). The van der Waals surface area contributed by atoms with Crippen molar-refractivity contribution in [3.63, 3.8) is 0 Å². The zero-order valence-corrected chi connectivity index (χ0v) is 41.6. The molecule has 1 atom stereocenters. The second-order valence-electron chi connectivity index (χ2n) is 16.4. The van der Waals surface area contributed by atoms with E-state index in [1.165, 1.54) is 55.4 Å². The van der Waals surface area contributed by atoms with Crippen molar-refractivity contribution in [1.82, 2.24) is 0 Å². The third-order valence-electron chi connectivity index (χ3n) is 11.7. The van der Waals surface area contributed by atoms with Crippen molar-refractivity contribution < 1.29 is 38.5 Å². The van der Waals surface area contributed by atoms with E-state index in [9.17, 15) is 0 Å². The molecule has 9 heteroatoms. The predicted octanol–water partition coefficient (Wildman–Crippen LogP) is 16.9. The average molecular weight is 1040 g/mol. The van der Waals surface area contributed by atoms with Gasteiger partial charge in [-0.3, -0.25) is 0 Å². The smallest absolute Gasteiger partial charge is 0.810 e. The number of hydrogen-bond donors (Lipinski definition) is 0. The van der Waals surface area contributed by atoms with Gasteiger partial charge in [0.25, 0.3) is 0 Å². The van der Waals surface area contributed by atoms with Crippen LogP contribution in [0, 0.1) is 0 Å². The van der Waals surface area contributed by atoms with Crippen molar-refractivity contribution in [2.24, 2.45) is 0 Å². The molecule has 9 aromatic rings. The molecule has 0 saturated heterocycles. The molecule has 0 amide bonds. The van der Waals surface area contributed by atoms with Gasteiger partial charge in [0, 0.05) is 22.3 Å². The SMILES string of the molecule is C.C1=CCc2c(ccc3c2-c2c(ccc4ccccc24)O[PH+](CC[PH+]2Oc4ccc5ccccc5c4-c4c(ccc5ccccc45)O2)O3)C1.CCC.[N-]=Cc1ccccc1.[N-]=Cc1ccccc1.[Pd+2]. The molecule has 1 aliphatic carbocycles. The topological polar surface area (TPSA) is 81.5 Å². The summed E-state index contributed by atoms with van der Waals surface area (Å²) >= 11 is 0. The number of rotatable bonds is 5. The molecule has 0 saturated carbocycles. The van der Waals surface area contributed by atoms with Crippen LogP contribution in [0.1, 0.15) is 49.9 Å². The molecule has 348 valence electrons. The summed E-state index contributed by atoms with van der Waals surface area (Å²) in [5.74, 6) is 3.57. The van der Waals surface area contributed by atoms with Crippen LogP contribution in [0.25, 0.3) is 65.4 Å². The van der Waals surface area contributed by atoms with Gasteiger partial charge in [-0.15, -0.1) is 0 Å². The Bertz CT molecular complexity index is 3090. The van der Waals surface area contributed by atoms with Crippen LogP contribution < -0.4 is 18.1 Å². The second-order valence-corrected chi connectivity index (χ2v) is 19.7. The molecule has 1 unspecified atom stereocenters. The first-order valence-electron chi connectivity index (χ1n) is 22.9. The Balaban J connectivity index is 0.000000282. The van der Waals surface area contributed by atoms with E-state index in [-0.39, 0.29) is 27.8 Å². The maximum absolute atomic E-state index is 8.41. The molecule has 2 aliphatic heterocycles. The Kier molecular flexibility index (Phi) is 17.7. The van der Waals surface area contributed by atoms with Crippen molar-refractivity contribution in [3.8, 4) is 45.3 Å². The van der Waals surface area contributed by atoms with E-state index in [1.54, 1.807) is 0 Å². The van der Waals surface area contributed by atoms with Gasteiger partial charge in [-0.1, -0.05) is 198 Å². The number of nitrogens with zero attached hydrogens (tertiary/aromatic N) is 2. The fourth-order valence-electron chi connectivity index (χ4n) is 8.67. The van der Waals surface area contributed by atoms with Crippen LogP contribution >= 0.6 is 16.8 Å². The fourth-order valence-corrected chi connectivity index (χ4v) is 12.5. The molecule has 6 nitrogen and oxygen atoms in total. The van der Waals surface area contributed by atoms with Gasteiger partial charge >= 0.3 is 37.2 Å². The second kappa shape index (κ2) is 24.2. The Hall–Kier alpha value is -6.44. The van der Waals surface area contributed by atoms with Gasteiger partial charge in [-0.05, 0) is 91.7 Å². The molecule has 0 fully saturated rings. The van der Waals surface area contributed by atoms with Gasteiger partial charge < -0.3 is 28.9 Å². The summed E-state index contributed by atoms with van der Waals surface area (Å²) in [4.78, 5) is 0. The van der Waals surface area contributed by atoms with E-state index in [1.807, 2.05) is 60.7 Å². The maximum atomic E-state index is 8.41. The third-order valence-corrected chi connectivity index (χ3v) is 15.3. The number of fused-ring (bicyclic) bond motifs is 14. The molecule has 0 spiro atoms. The Morgan fingerprint density at radius 3 is 1.14 bits per heavy atom. The maximum Gasteiger partial charge on any atom is 2.00 e. The molecule has 0 radical (unpaired) electrons. The monoisotopic (exact) mass is 1040 g/mol. The van der Waals surface area contributed by atoms with Crippen molar-refractivity contribution in [2.45, 2.75) is 40.5 Å². The molecule has 2 heterocycles. The molecule has 0 bridgehead atoms. The standard InChI is InChI=1S/C42H30O4P2.2C7H6N.C3H8.CH4.Pd/c1-5-13-31-27(9-1)17-21-35-39(31)40-32-14-6-2-10-28(32)18-22-36(40)44-47(43-35)25-26-48-45-37-23-19-29-11-3-7-15-33(29)41(37)42-34-16-8-4-12-30(34)20-24-38(42)46-48;2*8-6-7-4-2-1-3-5-7;1-3-2;;/h1-11,13-15,17-24H,12,16,25-26H2;2*1-6H;3H2,1-2H3;1H4;/q;2*-1;;;+2/p+2. The zero-order chi connectivity index (χ0) is 46.0. The summed E-state index contributed by atoms with van der Waals surface area (Å²) in [7, 11) is -3.59. The van der Waals surface area contributed by atoms with E-state index in [0.29, 0.717) is 12.3 Å². The van der Waals surface area contributed by atoms with Crippen LogP contribution in [-0.2, 0) is 33.3 Å². The molecular formula is C60H56N2O4P2Pd+2. The number of benzene rings is 9. The van der Waals surface area contributed by atoms with Gasteiger partial charge in [0.05, 0.1) is 0 Å². The summed E-state index contributed by atoms with van der Waals surface area (Å²) in [6.45, 7) is 4.25. The van der Waals surface area contributed by atoms with Gasteiger partial charge in [-0.2, -0.15) is 12.4 Å². The summed E-state index contributed by atoms with van der Waals surface area (Å²) < 4.78 is 27.5. The number of allylic oxidation sites excluding steroid dienone is 2. The van der Waals surface area contributed by atoms with Crippen LogP contribution in [0.15, 0.2) is 194 Å². The third kappa shape index (κ3) is 11.4. The van der Waals surface area contributed by atoms with Gasteiger partial charge in [0.2, 0.25) is 0 Å². The Morgan fingerprint density at radius 2 is 0.754 bits per heavy atom. The summed E-state index contributed by atoms with van der Waals surface area (Å²) in [6.07, 6.45) is 11.2. The first-order chi connectivity index (χ1) is 33.1. The van der Waals surface area contributed by atoms with Gasteiger partial charge in [-0.25, -0.2) is 0 Å². The minimum Gasteiger partial charge on any atom is -0.810 e. The minimum atomic E-state index is -1.80. The molecule has 9 aromatic carbocycles. The first kappa shape index (κ1) is 50.4. The normalized spacial score (nSPS) is 13.5. The van der Waals surface area contributed by atoms with Gasteiger partial charge in [0.15, 0.2) is 35.3 Å². The van der Waals surface area contributed by atoms with Crippen LogP contribution in [0.2, 0.25) is 0 Å². The van der Waals surface area contributed by atoms with Crippen molar-refractivity contribution >= 4 is 61.5 Å². The van der Waals surface area contributed by atoms with Crippen LogP contribution in [0.3, 0.4) is 0 Å². The molecule has 3 aliphatic rings. The van der Waals surface area contributed by atoms with Crippen LogP contribution in [0.4, 0.5) is 0 Å². The van der Waals surface area contributed by atoms with Crippen LogP contribution in [0.5, 0.6) is 23.0 Å². The average Bonchev–Trinajstić information content (AvgIpc) is 3.67. The minimum absolute atomic E-state index is 0. The van der Waals surface area contributed by atoms with Crippen LogP contribution in [-0.4, -0.2) is 24.8 Å². The largest absolute Gasteiger partial charge is 2.00 e. The molecule has 0 aromatic heterocycles. The van der Waals surface area contributed by atoms with E-state index >= 15 is 0 Å². The van der Waals surface area contributed by atoms with E-state index in [0.717, 1.165) is 76.1 Å². The molecule has 0 N–H and O–H groups in total. The van der Waals surface area contributed by atoms with E-state index in [4.69, 9.17) is 28.9 Å². The quantitative estimate of drug-likeness (QED) is 0.0744. The zero-order valence-electron chi connectivity index (χ0n) is 38.0. The fraction of sp³-hybridized carbons (Fsp3) is 0.133. The summed E-state index contributed by atoms with van der Waals surface area (Å²) in [5, 5.41) is 23.9. The predicted molar refractivity (Wildman–Crippen MR) is 294 cm³/mol. The van der Waals surface area contributed by atoms with Crippen molar-refractivity contribution in [2.75, 3.05) is 12.3 Å². The van der Waals surface area contributed by atoms with Gasteiger partial charge in [0.1, 0.15) is 0 Å². The Morgan fingerprint density at radius 1 is 0.420 bits per heavy atom. The summed E-state index contributed by atoms with van der Waals surface area (Å²) in [6, 6.07) is 61.6.